The summed E-state index contributed by atoms with van der Waals surface area (Å²) in [5, 5.41) is 0.866. The Labute approximate surface area is 164 Å². The average Bonchev–Trinajstić information content (AvgIpc) is 3.15. The number of pyridine rings is 2. The van der Waals surface area contributed by atoms with Crippen LogP contribution in [-0.2, 0) is 0 Å². The molecular formula is C21H26N6O. The van der Waals surface area contributed by atoms with E-state index >= 15 is 0 Å². The van der Waals surface area contributed by atoms with Crippen LogP contribution in [-0.4, -0.2) is 33.6 Å². The summed E-state index contributed by atoms with van der Waals surface area (Å²) >= 11 is 0. The zero-order valence-corrected chi connectivity index (χ0v) is 16.9. The Morgan fingerprint density at radius 1 is 1.14 bits per heavy atom. The van der Waals surface area contributed by atoms with E-state index in [2.05, 4.69) is 15.0 Å². The molecule has 0 atom stereocenters. The molecule has 0 radical (unpaired) electrons. The van der Waals surface area contributed by atoms with E-state index in [0.717, 1.165) is 53.7 Å². The number of nitrogens with two attached hydrogens (primary N) is 1. The van der Waals surface area contributed by atoms with Crippen molar-refractivity contribution in [2.75, 3.05) is 24.7 Å². The number of aryl methyl sites for hydroxylation is 2. The molecule has 0 unspecified atom stereocenters. The Morgan fingerprint density at radius 3 is 2.50 bits per heavy atom. The fourth-order valence-corrected chi connectivity index (χ4v) is 4.26. The minimum absolute atomic E-state index is 0.0318. The van der Waals surface area contributed by atoms with E-state index in [1.165, 1.54) is 0 Å². The average molecular weight is 378 g/mol. The third-order valence-corrected chi connectivity index (χ3v) is 5.57. The van der Waals surface area contributed by atoms with Gasteiger partial charge in [0, 0.05) is 42.8 Å². The summed E-state index contributed by atoms with van der Waals surface area (Å²) in [6, 6.07) is 4.07. The zero-order valence-electron chi connectivity index (χ0n) is 16.9. The van der Waals surface area contributed by atoms with Gasteiger partial charge >= 0.3 is 0 Å². The highest BCUT2D eigenvalue weighted by Crippen LogP contribution is 2.33. The number of hydrogen-bond donors (Lipinski definition) is 1. The van der Waals surface area contributed by atoms with Crippen LogP contribution in [0.15, 0.2) is 23.1 Å². The third-order valence-electron chi connectivity index (χ3n) is 5.57. The highest BCUT2D eigenvalue weighted by Gasteiger charge is 2.24. The van der Waals surface area contributed by atoms with E-state index < -0.39 is 0 Å². The van der Waals surface area contributed by atoms with Gasteiger partial charge < -0.3 is 10.6 Å². The van der Waals surface area contributed by atoms with Crippen molar-refractivity contribution in [1.82, 2.24) is 19.5 Å². The first-order valence-corrected chi connectivity index (χ1v) is 9.70. The second kappa shape index (κ2) is 6.89. The van der Waals surface area contributed by atoms with Gasteiger partial charge in [-0.05, 0) is 44.4 Å². The van der Waals surface area contributed by atoms with Gasteiger partial charge in [-0.2, -0.15) is 4.98 Å². The minimum Gasteiger partial charge on any atom is -0.368 e. The fraction of sp³-hybridized carbons (Fsp3) is 0.429. The minimum atomic E-state index is -0.0318. The third kappa shape index (κ3) is 3.00. The van der Waals surface area contributed by atoms with Crippen LogP contribution in [0.3, 0.4) is 0 Å². The predicted octanol–water partition coefficient (Wildman–Crippen LogP) is 3.23. The molecule has 0 bridgehead atoms. The quantitative estimate of drug-likeness (QED) is 0.752. The highest BCUT2D eigenvalue weighted by molar-refractivity contribution is 5.84. The number of rotatable bonds is 3. The second-order valence-electron chi connectivity index (χ2n) is 7.83. The largest absolute Gasteiger partial charge is 0.368 e. The molecule has 0 aliphatic heterocycles. The van der Waals surface area contributed by atoms with Crippen LogP contribution in [0, 0.1) is 13.8 Å². The molecule has 0 amide bonds. The molecule has 0 aromatic carbocycles. The van der Waals surface area contributed by atoms with Gasteiger partial charge in [-0.1, -0.05) is 12.8 Å². The molecule has 0 spiro atoms. The molecule has 7 nitrogen and oxygen atoms in total. The summed E-state index contributed by atoms with van der Waals surface area (Å²) in [6.07, 6.45) is 6.00. The summed E-state index contributed by atoms with van der Waals surface area (Å²) in [5.41, 5.74) is 9.77. The summed E-state index contributed by atoms with van der Waals surface area (Å²) in [6.45, 7) is 3.92. The molecule has 0 saturated heterocycles. The van der Waals surface area contributed by atoms with Crippen LogP contribution in [0.2, 0.25) is 0 Å². The van der Waals surface area contributed by atoms with Gasteiger partial charge in [0.05, 0.1) is 5.69 Å². The van der Waals surface area contributed by atoms with Crippen molar-refractivity contribution in [2.45, 2.75) is 45.6 Å². The van der Waals surface area contributed by atoms with Crippen LogP contribution < -0.4 is 16.2 Å². The van der Waals surface area contributed by atoms with Crippen LogP contribution in [0.1, 0.15) is 43.0 Å². The van der Waals surface area contributed by atoms with Crippen molar-refractivity contribution in [2.24, 2.45) is 0 Å². The van der Waals surface area contributed by atoms with E-state index in [-0.39, 0.29) is 17.5 Å². The lowest BCUT2D eigenvalue weighted by atomic mass is 10.0. The van der Waals surface area contributed by atoms with Crippen molar-refractivity contribution in [3.8, 4) is 11.1 Å². The van der Waals surface area contributed by atoms with E-state index in [1.54, 1.807) is 6.20 Å². The van der Waals surface area contributed by atoms with E-state index in [0.29, 0.717) is 11.2 Å². The molecule has 4 rings (SSSR count). The lowest BCUT2D eigenvalue weighted by Gasteiger charge is -2.19. The van der Waals surface area contributed by atoms with Gasteiger partial charge in [-0.15, -0.1) is 0 Å². The molecule has 1 saturated carbocycles. The maximum Gasteiger partial charge on any atom is 0.260 e. The topological polar surface area (TPSA) is 89.9 Å². The number of nitrogen functional groups attached to an aromatic ring is 1. The Kier molecular flexibility index (Phi) is 4.53. The maximum absolute atomic E-state index is 13.5. The fourth-order valence-electron chi connectivity index (χ4n) is 4.26. The molecule has 1 aliphatic rings. The molecule has 7 heteroatoms. The molecular weight excluding hydrogens is 352 g/mol. The molecule has 2 N–H and O–H groups in total. The van der Waals surface area contributed by atoms with Crippen LogP contribution >= 0.6 is 0 Å². The van der Waals surface area contributed by atoms with Gasteiger partial charge in [0.2, 0.25) is 5.95 Å². The Morgan fingerprint density at radius 2 is 1.86 bits per heavy atom. The molecule has 3 heterocycles. The highest BCUT2D eigenvalue weighted by atomic mass is 16.1. The van der Waals surface area contributed by atoms with Crippen LogP contribution in [0.4, 0.5) is 11.8 Å². The standard InChI is InChI=1S/C21H26N6O/c1-12-9-14(11-23-18(12)26(3)4)17-10-16-13(2)24-21(22)25-19(16)27(20(17)28)15-7-5-6-8-15/h9-11,15H,5-8H2,1-4H3,(H2,22,24,25). The predicted molar refractivity (Wildman–Crippen MR) is 113 cm³/mol. The Balaban J connectivity index is 2.01. The lowest BCUT2D eigenvalue weighted by molar-refractivity contribution is 0.516. The van der Waals surface area contributed by atoms with E-state index in [4.69, 9.17) is 5.73 Å². The first kappa shape index (κ1) is 18.4. The normalized spacial score (nSPS) is 14.7. The number of anilines is 2. The summed E-state index contributed by atoms with van der Waals surface area (Å²) in [5.74, 6) is 1.10. The zero-order chi connectivity index (χ0) is 20.0. The van der Waals surface area contributed by atoms with Crippen molar-refractivity contribution < 1.29 is 0 Å². The van der Waals surface area contributed by atoms with Gasteiger partial charge in [0.25, 0.3) is 5.56 Å². The number of aromatic nitrogens is 4. The molecule has 3 aromatic rings. The first-order valence-electron chi connectivity index (χ1n) is 9.70. The van der Waals surface area contributed by atoms with Gasteiger partial charge in [0.1, 0.15) is 11.5 Å². The summed E-state index contributed by atoms with van der Waals surface area (Å²) < 4.78 is 1.85. The van der Waals surface area contributed by atoms with E-state index in [9.17, 15) is 4.79 Å². The van der Waals surface area contributed by atoms with Crippen molar-refractivity contribution in [3.05, 3.63) is 39.9 Å². The second-order valence-corrected chi connectivity index (χ2v) is 7.83. The molecule has 3 aromatic heterocycles. The van der Waals surface area contributed by atoms with Gasteiger partial charge in [-0.25, -0.2) is 9.97 Å². The smallest absolute Gasteiger partial charge is 0.260 e. The monoisotopic (exact) mass is 378 g/mol. The van der Waals surface area contributed by atoms with Crippen LogP contribution in [0.5, 0.6) is 0 Å². The Bertz CT molecular complexity index is 1110. The van der Waals surface area contributed by atoms with Gasteiger partial charge in [0.15, 0.2) is 0 Å². The first-order chi connectivity index (χ1) is 13.4. The maximum atomic E-state index is 13.5. The number of hydrogen-bond acceptors (Lipinski definition) is 6. The SMILES string of the molecule is Cc1cc(-c2cc3c(C)nc(N)nc3n(C3CCCC3)c2=O)cnc1N(C)C. The van der Waals surface area contributed by atoms with E-state index in [1.807, 2.05) is 49.5 Å². The Hall–Kier alpha value is -2.96. The van der Waals surface area contributed by atoms with Crippen molar-refractivity contribution >= 4 is 22.8 Å². The summed E-state index contributed by atoms with van der Waals surface area (Å²) in [4.78, 5) is 28.8. The van der Waals surface area contributed by atoms with Gasteiger partial charge in [-0.3, -0.25) is 9.36 Å². The lowest BCUT2D eigenvalue weighted by Crippen LogP contribution is -2.26. The summed E-state index contributed by atoms with van der Waals surface area (Å²) in [7, 11) is 3.92. The van der Waals surface area contributed by atoms with Crippen molar-refractivity contribution in [1.29, 1.82) is 0 Å². The molecule has 1 fully saturated rings. The number of fused-ring (bicyclic) bond motifs is 1. The molecule has 28 heavy (non-hydrogen) atoms. The number of nitrogens with zero attached hydrogens (tertiary/aromatic N) is 5. The molecule has 146 valence electrons. The van der Waals surface area contributed by atoms with Crippen LogP contribution in [0.25, 0.3) is 22.2 Å². The van der Waals surface area contributed by atoms with Crippen molar-refractivity contribution in [3.63, 3.8) is 0 Å². The molecule has 1 aliphatic carbocycles.